The molecule has 7 nitrogen and oxygen atoms in total. The summed E-state index contributed by atoms with van der Waals surface area (Å²) in [6.45, 7) is 5.15. The minimum Gasteiger partial charge on any atom is -0.341 e. The molecule has 0 radical (unpaired) electrons. The van der Waals surface area contributed by atoms with Gasteiger partial charge in [0.15, 0.2) is 0 Å². The van der Waals surface area contributed by atoms with Crippen molar-refractivity contribution >= 4 is 30.3 Å². The molecule has 0 saturated carbocycles. The molecule has 142 valence electrons. The maximum atomic E-state index is 12.8. The molecule has 2 unspecified atom stereocenters. The topological polar surface area (TPSA) is 95.7 Å². The summed E-state index contributed by atoms with van der Waals surface area (Å²) in [5.41, 5.74) is 6.28. The first kappa shape index (κ1) is 20.2. The van der Waals surface area contributed by atoms with Crippen molar-refractivity contribution in [3.63, 3.8) is 0 Å². The van der Waals surface area contributed by atoms with E-state index in [2.05, 4.69) is 5.32 Å². The second-order valence-electron chi connectivity index (χ2n) is 7.04. The van der Waals surface area contributed by atoms with Crippen LogP contribution in [-0.4, -0.2) is 53.8 Å². The third-order valence-corrected chi connectivity index (χ3v) is 5.17. The zero-order chi connectivity index (χ0) is 18.2. The highest BCUT2D eigenvalue weighted by molar-refractivity contribution is 6.09. The van der Waals surface area contributed by atoms with Gasteiger partial charge in [-0.3, -0.25) is 14.5 Å². The largest absolute Gasteiger partial charge is 0.341 e. The summed E-state index contributed by atoms with van der Waals surface area (Å²) in [7, 11) is 0. The van der Waals surface area contributed by atoms with Crippen molar-refractivity contribution in [2.45, 2.75) is 25.8 Å². The van der Waals surface area contributed by atoms with Crippen LogP contribution >= 0.6 is 12.4 Å². The van der Waals surface area contributed by atoms with Crippen LogP contribution in [0.1, 0.15) is 24.5 Å². The number of amides is 4. The van der Waals surface area contributed by atoms with E-state index in [1.165, 1.54) is 0 Å². The molecule has 4 amide bonds. The van der Waals surface area contributed by atoms with Crippen LogP contribution in [0.5, 0.6) is 0 Å². The van der Waals surface area contributed by atoms with Gasteiger partial charge in [-0.15, -0.1) is 12.4 Å². The van der Waals surface area contributed by atoms with Gasteiger partial charge in [-0.05, 0) is 38.3 Å². The van der Waals surface area contributed by atoms with Gasteiger partial charge in [0.25, 0.3) is 5.91 Å². The van der Waals surface area contributed by atoms with E-state index in [1.807, 2.05) is 31.2 Å². The van der Waals surface area contributed by atoms with Gasteiger partial charge in [-0.1, -0.05) is 29.8 Å². The number of nitrogens with zero attached hydrogens (tertiary/aromatic N) is 2. The van der Waals surface area contributed by atoms with Crippen molar-refractivity contribution in [3.05, 3.63) is 35.4 Å². The molecular formula is C18H25ClN4O3. The highest BCUT2D eigenvalue weighted by Gasteiger charge is 2.49. The maximum Gasteiger partial charge on any atom is 0.325 e. The lowest BCUT2D eigenvalue weighted by molar-refractivity contribution is -0.138. The van der Waals surface area contributed by atoms with E-state index < -0.39 is 17.5 Å². The smallest absolute Gasteiger partial charge is 0.325 e. The predicted molar refractivity (Wildman–Crippen MR) is 99.8 cm³/mol. The lowest BCUT2D eigenvalue weighted by atomic mass is 9.91. The van der Waals surface area contributed by atoms with Crippen molar-refractivity contribution in [2.24, 2.45) is 11.7 Å². The Morgan fingerprint density at radius 2 is 1.96 bits per heavy atom. The van der Waals surface area contributed by atoms with Gasteiger partial charge in [0.2, 0.25) is 5.91 Å². The highest BCUT2D eigenvalue weighted by atomic mass is 35.5. The van der Waals surface area contributed by atoms with E-state index in [-0.39, 0.29) is 24.9 Å². The van der Waals surface area contributed by atoms with Crippen LogP contribution < -0.4 is 11.1 Å². The summed E-state index contributed by atoms with van der Waals surface area (Å²) in [6, 6.07) is 6.91. The molecule has 26 heavy (non-hydrogen) atoms. The van der Waals surface area contributed by atoms with E-state index >= 15 is 0 Å². The maximum absolute atomic E-state index is 12.8. The number of carbonyl (C=O) groups excluding carboxylic acids is 3. The molecule has 3 rings (SSSR count). The fourth-order valence-corrected chi connectivity index (χ4v) is 3.41. The summed E-state index contributed by atoms with van der Waals surface area (Å²) in [6.07, 6.45) is 0.865. The molecule has 8 heteroatoms. The van der Waals surface area contributed by atoms with E-state index in [0.29, 0.717) is 31.1 Å². The third-order valence-electron chi connectivity index (χ3n) is 5.17. The van der Waals surface area contributed by atoms with E-state index in [4.69, 9.17) is 5.73 Å². The SMILES string of the molecule is Cc1ccc(C2(C)NC(=O)N(CC(=O)N3CCC(CN)C3)C2=O)cc1.Cl. The van der Waals surface area contributed by atoms with Crippen molar-refractivity contribution in [1.82, 2.24) is 15.1 Å². The first-order valence-electron chi connectivity index (χ1n) is 8.54. The number of urea groups is 1. The monoisotopic (exact) mass is 380 g/mol. The summed E-state index contributed by atoms with van der Waals surface area (Å²) >= 11 is 0. The second-order valence-corrected chi connectivity index (χ2v) is 7.04. The minimum absolute atomic E-state index is 0. The first-order chi connectivity index (χ1) is 11.8. The normalized spacial score (nSPS) is 25.3. The Bertz CT molecular complexity index is 709. The van der Waals surface area contributed by atoms with E-state index in [9.17, 15) is 14.4 Å². The molecule has 0 aliphatic carbocycles. The molecule has 2 heterocycles. The first-order valence-corrected chi connectivity index (χ1v) is 8.54. The molecule has 0 spiro atoms. The summed E-state index contributed by atoms with van der Waals surface area (Å²) in [5, 5.41) is 2.73. The van der Waals surface area contributed by atoms with Gasteiger partial charge in [-0.2, -0.15) is 0 Å². The lowest BCUT2D eigenvalue weighted by Gasteiger charge is -2.23. The Kier molecular flexibility index (Phi) is 5.93. The Balaban J connectivity index is 0.00000243. The van der Waals surface area contributed by atoms with Gasteiger partial charge < -0.3 is 16.0 Å². The number of hydrogen-bond donors (Lipinski definition) is 2. The molecule has 3 N–H and O–H groups in total. The van der Waals surface area contributed by atoms with Crippen LogP contribution in [0.2, 0.25) is 0 Å². The van der Waals surface area contributed by atoms with Crippen molar-refractivity contribution in [2.75, 3.05) is 26.2 Å². The number of aryl methyl sites for hydroxylation is 1. The Morgan fingerprint density at radius 3 is 2.54 bits per heavy atom. The summed E-state index contributed by atoms with van der Waals surface area (Å²) in [4.78, 5) is 40.3. The number of benzene rings is 1. The number of halogens is 1. The molecule has 2 saturated heterocycles. The van der Waals surface area contributed by atoms with Crippen LogP contribution in [0.3, 0.4) is 0 Å². The van der Waals surface area contributed by atoms with Gasteiger partial charge >= 0.3 is 6.03 Å². The van der Waals surface area contributed by atoms with Crippen LogP contribution in [0.15, 0.2) is 24.3 Å². The molecule has 0 bridgehead atoms. The highest BCUT2D eigenvalue weighted by Crippen LogP contribution is 2.29. The van der Waals surface area contributed by atoms with Crippen molar-refractivity contribution in [1.29, 1.82) is 0 Å². The van der Waals surface area contributed by atoms with Crippen LogP contribution in [0.25, 0.3) is 0 Å². The zero-order valence-electron chi connectivity index (χ0n) is 15.0. The van der Waals surface area contributed by atoms with Gasteiger partial charge in [-0.25, -0.2) is 4.79 Å². The Morgan fingerprint density at radius 1 is 1.31 bits per heavy atom. The standard InChI is InChI=1S/C18H24N4O3.ClH/c1-12-3-5-14(6-4-12)18(2)16(24)22(17(25)20-18)11-15(23)21-8-7-13(9-19)10-21;/h3-6,13H,7-11,19H2,1-2H3,(H,20,25);1H. The Hall–Kier alpha value is -2.12. The van der Waals surface area contributed by atoms with E-state index in [0.717, 1.165) is 16.9 Å². The fraction of sp³-hybridized carbons (Fsp3) is 0.500. The fourth-order valence-electron chi connectivity index (χ4n) is 3.41. The average molecular weight is 381 g/mol. The molecule has 2 atom stereocenters. The van der Waals surface area contributed by atoms with Gasteiger partial charge in [0.1, 0.15) is 12.1 Å². The van der Waals surface area contributed by atoms with E-state index in [1.54, 1.807) is 11.8 Å². The lowest BCUT2D eigenvalue weighted by Crippen LogP contribution is -2.44. The Labute approximate surface area is 159 Å². The molecule has 2 aliphatic heterocycles. The molecular weight excluding hydrogens is 356 g/mol. The molecule has 2 aliphatic rings. The second kappa shape index (κ2) is 7.63. The zero-order valence-corrected chi connectivity index (χ0v) is 15.8. The number of hydrogen-bond acceptors (Lipinski definition) is 4. The van der Waals surface area contributed by atoms with Crippen LogP contribution in [-0.2, 0) is 15.1 Å². The molecule has 0 aromatic heterocycles. The number of imide groups is 1. The van der Waals surface area contributed by atoms with Crippen LogP contribution in [0.4, 0.5) is 4.79 Å². The van der Waals surface area contributed by atoms with Gasteiger partial charge in [0.05, 0.1) is 0 Å². The van der Waals surface area contributed by atoms with Crippen molar-refractivity contribution < 1.29 is 14.4 Å². The number of likely N-dealkylation sites (tertiary alicyclic amines) is 1. The summed E-state index contributed by atoms with van der Waals surface area (Å²) in [5.74, 6) is -0.318. The number of nitrogens with one attached hydrogen (secondary N) is 1. The molecule has 1 aromatic rings. The summed E-state index contributed by atoms with van der Waals surface area (Å²) < 4.78 is 0. The predicted octanol–water partition coefficient (Wildman–Crippen LogP) is 0.991. The van der Waals surface area contributed by atoms with Gasteiger partial charge in [0, 0.05) is 13.1 Å². The quantitative estimate of drug-likeness (QED) is 0.761. The number of carbonyl (C=O) groups is 3. The molecule has 2 fully saturated rings. The average Bonchev–Trinajstić information content (AvgIpc) is 3.15. The third kappa shape index (κ3) is 3.54. The van der Waals surface area contributed by atoms with Crippen molar-refractivity contribution in [3.8, 4) is 0 Å². The number of nitrogens with two attached hydrogens (primary N) is 1. The minimum atomic E-state index is -1.14. The molecule has 1 aromatic carbocycles. The van der Waals surface area contributed by atoms with Crippen LogP contribution in [0, 0.1) is 12.8 Å². The number of rotatable bonds is 4.